The number of anilines is 2. The third-order valence-corrected chi connectivity index (χ3v) is 5.16. The molecule has 36 heavy (non-hydrogen) atoms. The Morgan fingerprint density at radius 2 is 1.86 bits per heavy atom. The molecule has 0 fully saturated rings. The maximum atomic E-state index is 14.5. The molecule has 1 aromatic heterocycles. The van der Waals surface area contributed by atoms with Crippen LogP contribution in [-0.2, 0) is 11.3 Å². The standard InChI is InChI=1S/C24H23ClFN5O5/c1-13(2)36-20-9-8-17(10-19(20)26)29-24-27-11-18(22(33)28-14(3)21(32)30-35)23(34)31(24)12-15-4-6-16(25)7-5-15/h4-11,13-14H,12H2,1-3H3,(H,27,29)(H,28,33)/t14-/m0/s1. The number of amides is 2. The van der Waals surface area contributed by atoms with Crippen LogP contribution >= 0.6 is 11.6 Å². The monoisotopic (exact) mass is 515 g/mol. The van der Waals surface area contributed by atoms with Gasteiger partial charge in [0.1, 0.15) is 11.6 Å². The highest BCUT2D eigenvalue weighted by Gasteiger charge is 2.22. The molecule has 0 saturated heterocycles. The zero-order chi connectivity index (χ0) is 26.4. The lowest BCUT2D eigenvalue weighted by Gasteiger charge is -2.16. The summed E-state index contributed by atoms with van der Waals surface area (Å²) in [4.78, 5) is 52.0. The Morgan fingerprint density at radius 3 is 2.47 bits per heavy atom. The second-order valence-corrected chi connectivity index (χ2v) is 8.51. The number of hydrogen-bond donors (Lipinski definition) is 2. The molecule has 2 aromatic carbocycles. The van der Waals surface area contributed by atoms with Crippen molar-refractivity contribution in [3.63, 3.8) is 0 Å². The summed E-state index contributed by atoms with van der Waals surface area (Å²) in [5.41, 5.74) is -0.149. The SMILES string of the molecule is CC(C)Oc1ccc(Nc2ncc(C(=O)N[C@@H](C)C(=O)N=O)c(=O)n2Cc2ccc(Cl)cc2)cc1F. The number of nitrogens with zero attached hydrogens (tertiary/aromatic N) is 3. The molecule has 10 nitrogen and oxygen atoms in total. The minimum absolute atomic E-state index is 0.00609. The Hall–Kier alpha value is -4.12. The van der Waals surface area contributed by atoms with Gasteiger partial charge >= 0.3 is 5.91 Å². The molecule has 0 aliphatic carbocycles. The van der Waals surface area contributed by atoms with Crippen molar-refractivity contribution in [3.8, 4) is 5.75 Å². The first-order valence-corrected chi connectivity index (χ1v) is 11.2. The first-order valence-electron chi connectivity index (χ1n) is 10.8. The number of nitroso groups, excluding NO2 is 1. The highest BCUT2D eigenvalue weighted by molar-refractivity contribution is 6.30. The first-order chi connectivity index (χ1) is 17.1. The van der Waals surface area contributed by atoms with Crippen LogP contribution < -0.4 is 20.9 Å². The number of carbonyl (C=O) groups is 2. The molecule has 12 heteroatoms. The lowest BCUT2D eigenvalue weighted by Crippen LogP contribution is -2.41. The number of aromatic nitrogens is 2. The van der Waals surface area contributed by atoms with Gasteiger partial charge in [-0.15, -0.1) is 4.91 Å². The van der Waals surface area contributed by atoms with Crippen LogP contribution in [0.5, 0.6) is 5.75 Å². The van der Waals surface area contributed by atoms with Crippen molar-refractivity contribution in [3.05, 3.63) is 85.9 Å². The molecule has 1 heterocycles. The first kappa shape index (κ1) is 26.5. The van der Waals surface area contributed by atoms with E-state index in [4.69, 9.17) is 16.3 Å². The molecule has 0 saturated carbocycles. The van der Waals surface area contributed by atoms with E-state index in [0.29, 0.717) is 10.6 Å². The van der Waals surface area contributed by atoms with Crippen molar-refractivity contribution in [2.45, 2.75) is 39.5 Å². The number of hydrogen-bond acceptors (Lipinski definition) is 7. The van der Waals surface area contributed by atoms with Crippen LogP contribution in [0.25, 0.3) is 0 Å². The lowest BCUT2D eigenvalue weighted by atomic mass is 10.2. The molecular weight excluding hydrogens is 493 g/mol. The fourth-order valence-corrected chi connectivity index (χ4v) is 3.27. The van der Waals surface area contributed by atoms with Crippen molar-refractivity contribution >= 4 is 35.1 Å². The van der Waals surface area contributed by atoms with Crippen molar-refractivity contribution in [1.29, 1.82) is 0 Å². The summed E-state index contributed by atoms with van der Waals surface area (Å²) in [5.74, 6) is -2.51. The van der Waals surface area contributed by atoms with Crippen molar-refractivity contribution in [2.24, 2.45) is 5.18 Å². The summed E-state index contributed by atoms with van der Waals surface area (Å²) in [7, 11) is 0. The average Bonchev–Trinajstić information content (AvgIpc) is 2.83. The number of carbonyl (C=O) groups excluding carboxylic acids is 2. The quantitative estimate of drug-likeness (QED) is 0.411. The number of ether oxygens (including phenoxy) is 1. The smallest absolute Gasteiger partial charge is 0.308 e. The van der Waals surface area contributed by atoms with E-state index in [1.54, 1.807) is 44.2 Å². The van der Waals surface area contributed by atoms with Crippen LogP contribution in [0.1, 0.15) is 36.7 Å². The van der Waals surface area contributed by atoms with Crippen molar-refractivity contribution < 1.29 is 18.7 Å². The highest BCUT2D eigenvalue weighted by Crippen LogP contribution is 2.24. The second kappa shape index (κ2) is 11.5. The summed E-state index contributed by atoms with van der Waals surface area (Å²) in [6, 6.07) is 9.63. The van der Waals surface area contributed by atoms with Crippen LogP contribution in [-0.4, -0.2) is 33.5 Å². The molecular formula is C24H23ClFN5O5. The summed E-state index contributed by atoms with van der Waals surface area (Å²) >= 11 is 5.95. The largest absolute Gasteiger partial charge is 0.488 e. The minimum atomic E-state index is -1.23. The van der Waals surface area contributed by atoms with E-state index in [9.17, 15) is 23.7 Å². The van der Waals surface area contributed by atoms with Gasteiger partial charge in [-0.05, 0) is 50.6 Å². The maximum absolute atomic E-state index is 14.5. The van der Waals surface area contributed by atoms with Gasteiger partial charge in [0.05, 0.1) is 12.6 Å². The van der Waals surface area contributed by atoms with Crippen LogP contribution in [0.15, 0.2) is 58.6 Å². The number of halogens is 2. The van der Waals surface area contributed by atoms with E-state index in [0.717, 1.165) is 6.20 Å². The molecule has 0 unspecified atom stereocenters. The van der Waals surface area contributed by atoms with E-state index in [1.807, 2.05) is 0 Å². The van der Waals surface area contributed by atoms with Gasteiger partial charge in [0.2, 0.25) is 5.95 Å². The normalized spacial score (nSPS) is 11.6. The Balaban J connectivity index is 1.99. The molecule has 2 amide bonds. The van der Waals surface area contributed by atoms with Gasteiger partial charge < -0.3 is 15.4 Å². The highest BCUT2D eigenvalue weighted by atomic mass is 35.5. The van der Waals surface area contributed by atoms with Crippen LogP contribution in [0, 0.1) is 10.7 Å². The molecule has 0 radical (unpaired) electrons. The molecule has 3 aromatic rings. The van der Waals surface area contributed by atoms with Gasteiger partial charge in [-0.1, -0.05) is 23.7 Å². The molecule has 0 bridgehead atoms. The predicted octanol–water partition coefficient (Wildman–Crippen LogP) is 4.03. The van der Waals surface area contributed by atoms with Gasteiger partial charge in [0.15, 0.2) is 11.6 Å². The van der Waals surface area contributed by atoms with Crippen LogP contribution in [0.2, 0.25) is 5.02 Å². The lowest BCUT2D eigenvalue weighted by molar-refractivity contribution is -0.119. The average molecular weight is 516 g/mol. The van der Waals surface area contributed by atoms with E-state index in [-0.39, 0.29) is 35.6 Å². The van der Waals surface area contributed by atoms with Crippen LogP contribution in [0.4, 0.5) is 16.0 Å². The molecule has 1 atom stereocenters. The maximum Gasteiger partial charge on any atom is 0.308 e. The molecule has 0 spiro atoms. The molecule has 0 aliphatic heterocycles. The van der Waals surface area contributed by atoms with Crippen molar-refractivity contribution in [1.82, 2.24) is 14.9 Å². The molecule has 0 aliphatic rings. The van der Waals surface area contributed by atoms with Crippen LogP contribution in [0.3, 0.4) is 0 Å². The number of nitrogens with one attached hydrogen (secondary N) is 2. The fourth-order valence-electron chi connectivity index (χ4n) is 3.14. The van der Waals surface area contributed by atoms with E-state index in [1.165, 1.54) is 23.6 Å². The fraction of sp³-hybridized carbons (Fsp3) is 0.250. The Bertz CT molecular complexity index is 1340. The zero-order valence-corrected chi connectivity index (χ0v) is 20.4. The second-order valence-electron chi connectivity index (χ2n) is 8.07. The topological polar surface area (TPSA) is 132 Å². The minimum Gasteiger partial charge on any atom is -0.488 e. The number of rotatable bonds is 9. The summed E-state index contributed by atoms with van der Waals surface area (Å²) in [6.07, 6.45) is 0.805. The molecule has 3 rings (SSSR count). The zero-order valence-electron chi connectivity index (χ0n) is 19.6. The predicted molar refractivity (Wildman–Crippen MR) is 132 cm³/mol. The van der Waals surface area contributed by atoms with Gasteiger partial charge in [-0.25, -0.2) is 9.37 Å². The van der Waals surface area contributed by atoms with Gasteiger partial charge in [0.25, 0.3) is 11.5 Å². The summed E-state index contributed by atoms with van der Waals surface area (Å²) in [5, 5.41) is 7.90. The summed E-state index contributed by atoms with van der Waals surface area (Å²) in [6.45, 7) is 4.80. The van der Waals surface area contributed by atoms with Gasteiger partial charge in [-0.2, -0.15) is 0 Å². The number of benzene rings is 2. The van der Waals surface area contributed by atoms with E-state index in [2.05, 4.69) is 20.8 Å². The Morgan fingerprint density at radius 1 is 1.17 bits per heavy atom. The third kappa shape index (κ3) is 6.51. The molecule has 2 N–H and O–H groups in total. The molecule has 188 valence electrons. The third-order valence-electron chi connectivity index (χ3n) is 4.90. The van der Waals surface area contributed by atoms with Crippen molar-refractivity contribution in [2.75, 3.05) is 5.32 Å². The van der Waals surface area contributed by atoms with E-state index >= 15 is 0 Å². The Labute approximate surface area is 210 Å². The van der Waals surface area contributed by atoms with Gasteiger partial charge in [0, 0.05) is 28.2 Å². The van der Waals surface area contributed by atoms with Gasteiger partial charge in [-0.3, -0.25) is 19.0 Å². The van der Waals surface area contributed by atoms with E-state index < -0.39 is 29.2 Å². The summed E-state index contributed by atoms with van der Waals surface area (Å²) < 4.78 is 21.1. The Kier molecular flexibility index (Phi) is 8.49.